The summed E-state index contributed by atoms with van der Waals surface area (Å²) in [5, 5.41) is 3.06. The van der Waals surface area contributed by atoms with Crippen LogP contribution in [0.2, 0.25) is 0 Å². The van der Waals surface area contributed by atoms with E-state index in [1.807, 2.05) is 20.9 Å². The minimum absolute atomic E-state index is 0.0532. The van der Waals surface area contributed by atoms with E-state index in [4.69, 9.17) is 0 Å². The van der Waals surface area contributed by atoms with Gasteiger partial charge in [-0.05, 0) is 25.5 Å². The molecule has 72 valence electrons. The molecule has 1 atom stereocenters. The highest BCUT2D eigenvalue weighted by Gasteiger charge is 2.18. The van der Waals surface area contributed by atoms with Crippen LogP contribution in [0.25, 0.3) is 0 Å². The molecule has 0 aliphatic carbocycles. The lowest BCUT2D eigenvalue weighted by atomic mass is 10.0. The van der Waals surface area contributed by atoms with Crippen LogP contribution in [0.15, 0.2) is 0 Å². The summed E-state index contributed by atoms with van der Waals surface area (Å²) in [6.07, 6.45) is 3.00. The number of carbonyl (C=O) groups is 1. The standard InChI is InChI=1S/C9H19NOS/c1-7(2)9(11)8(10-3)5-6-12-4/h7-8,10H,5-6H2,1-4H3/t8-/m0/s1. The highest BCUT2D eigenvalue weighted by Crippen LogP contribution is 2.06. The summed E-state index contributed by atoms with van der Waals surface area (Å²) in [5.41, 5.74) is 0. The maximum absolute atomic E-state index is 11.5. The molecule has 12 heavy (non-hydrogen) atoms. The highest BCUT2D eigenvalue weighted by molar-refractivity contribution is 7.98. The topological polar surface area (TPSA) is 29.1 Å². The second-order valence-corrected chi connectivity index (χ2v) is 4.17. The van der Waals surface area contributed by atoms with Crippen LogP contribution < -0.4 is 5.32 Å². The maximum atomic E-state index is 11.5. The third-order valence-corrected chi connectivity index (χ3v) is 2.52. The van der Waals surface area contributed by atoms with Gasteiger partial charge in [-0.25, -0.2) is 0 Å². The van der Waals surface area contributed by atoms with E-state index in [-0.39, 0.29) is 12.0 Å². The summed E-state index contributed by atoms with van der Waals surface area (Å²) >= 11 is 1.78. The lowest BCUT2D eigenvalue weighted by molar-refractivity contribution is -0.123. The largest absolute Gasteiger partial charge is 0.311 e. The van der Waals surface area contributed by atoms with Crippen molar-refractivity contribution < 1.29 is 4.79 Å². The van der Waals surface area contributed by atoms with Crippen molar-refractivity contribution >= 4 is 17.5 Å². The Morgan fingerprint density at radius 1 is 1.50 bits per heavy atom. The zero-order valence-corrected chi connectivity index (χ0v) is 9.20. The Labute approximate surface area is 79.5 Å². The summed E-state index contributed by atoms with van der Waals surface area (Å²) < 4.78 is 0. The summed E-state index contributed by atoms with van der Waals surface area (Å²) in [6.45, 7) is 3.90. The number of ketones is 1. The molecule has 0 saturated carbocycles. The van der Waals surface area contributed by atoms with Crippen molar-refractivity contribution in [3.8, 4) is 0 Å². The van der Waals surface area contributed by atoms with Crippen LogP contribution in [0.4, 0.5) is 0 Å². The van der Waals surface area contributed by atoms with E-state index >= 15 is 0 Å². The SMILES string of the molecule is CN[C@@H](CCSC)C(=O)C(C)C. The van der Waals surface area contributed by atoms with Crippen LogP contribution in [-0.2, 0) is 4.79 Å². The Morgan fingerprint density at radius 3 is 2.42 bits per heavy atom. The zero-order valence-electron chi connectivity index (χ0n) is 8.39. The molecule has 0 aromatic carbocycles. The van der Waals surface area contributed by atoms with E-state index < -0.39 is 0 Å². The van der Waals surface area contributed by atoms with E-state index in [2.05, 4.69) is 11.6 Å². The van der Waals surface area contributed by atoms with Gasteiger partial charge in [-0.15, -0.1) is 0 Å². The summed E-state index contributed by atoms with van der Waals surface area (Å²) in [7, 11) is 1.85. The average Bonchev–Trinajstić information content (AvgIpc) is 2.05. The molecule has 0 bridgehead atoms. The van der Waals surface area contributed by atoms with Gasteiger partial charge in [0.15, 0.2) is 5.78 Å². The molecule has 3 heteroatoms. The third kappa shape index (κ3) is 4.12. The summed E-state index contributed by atoms with van der Waals surface area (Å²) in [6, 6.07) is 0.0532. The van der Waals surface area contributed by atoms with E-state index in [0.29, 0.717) is 5.78 Å². The lowest BCUT2D eigenvalue weighted by Gasteiger charge is -2.16. The van der Waals surface area contributed by atoms with Crippen molar-refractivity contribution in [1.82, 2.24) is 5.32 Å². The molecule has 0 saturated heterocycles. The van der Waals surface area contributed by atoms with Gasteiger partial charge in [0.2, 0.25) is 0 Å². The van der Waals surface area contributed by atoms with Gasteiger partial charge in [-0.3, -0.25) is 4.79 Å². The first-order valence-corrected chi connectivity index (χ1v) is 5.72. The number of thioether (sulfide) groups is 1. The number of hydrogen-bond acceptors (Lipinski definition) is 3. The fraction of sp³-hybridized carbons (Fsp3) is 0.889. The van der Waals surface area contributed by atoms with Crippen molar-refractivity contribution in [2.24, 2.45) is 5.92 Å². The van der Waals surface area contributed by atoms with Crippen LogP contribution >= 0.6 is 11.8 Å². The smallest absolute Gasteiger partial charge is 0.152 e. The molecule has 0 fully saturated rings. The molecule has 0 amide bonds. The number of nitrogens with one attached hydrogen (secondary N) is 1. The van der Waals surface area contributed by atoms with Crippen LogP contribution in [0.3, 0.4) is 0 Å². The molecular weight excluding hydrogens is 170 g/mol. The predicted octanol–water partition coefficient (Wildman–Crippen LogP) is 1.55. The number of likely N-dealkylation sites (N-methyl/N-ethyl adjacent to an activating group) is 1. The third-order valence-electron chi connectivity index (χ3n) is 1.87. The Kier molecular flexibility index (Phi) is 6.48. The van der Waals surface area contributed by atoms with E-state index in [1.165, 1.54) is 0 Å². The normalized spacial score (nSPS) is 13.4. The lowest BCUT2D eigenvalue weighted by Crippen LogP contribution is -2.37. The highest BCUT2D eigenvalue weighted by atomic mass is 32.2. The van der Waals surface area contributed by atoms with Crippen molar-refractivity contribution in [1.29, 1.82) is 0 Å². The van der Waals surface area contributed by atoms with Gasteiger partial charge in [-0.1, -0.05) is 13.8 Å². The fourth-order valence-corrected chi connectivity index (χ4v) is 1.54. The molecule has 2 nitrogen and oxygen atoms in total. The first kappa shape index (κ1) is 12.0. The van der Waals surface area contributed by atoms with Crippen LogP contribution in [0.1, 0.15) is 20.3 Å². The molecule has 0 aliphatic rings. The van der Waals surface area contributed by atoms with Gasteiger partial charge < -0.3 is 5.32 Å². The van der Waals surface area contributed by atoms with Crippen LogP contribution in [-0.4, -0.2) is 30.9 Å². The average molecular weight is 189 g/mol. The molecule has 0 unspecified atom stereocenters. The molecule has 0 aromatic rings. The second-order valence-electron chi connectivity index (χ2n) is 3.18. The number of rotatable bonds is 6. The fourth-order valence-electron chi connectivity index (χ4n) is 1.07. The van der Waals surface area contributed by atoms with E-state index in [9.17, 15) is 4.79 Å². The first-order valence-electron chi connectivity index (χ1n) is 4.33. The number of Topliss-reactive ketones (excluding diaryl/α,β-unsaturated/α-hetero) is 1. The van der Waals surface area contributed by atoms with Gasteiger partial charge in [-0.2, -0.15) is 11.8 Å². The number of hydrogen-bond donors (Lipinski definition) is 1. The predicted molar refractivity (Wildman–Crippen MR) is 55.7 cm³/mol. The summed E-state index contributed by atoms with van der Waals surface area (Å²) in [5.74, 6) is 1.51. The van der Waals surface area contributed by atoms with Crippen molar-refractivity contribution in [3.63, 3.8) is 0 Å². The van der Waals surface area contributed by atoms with Gasteiger partial charge >= 0.3 is 0 Å². The molecule has 0 spiro atoms. The Bertz CT molecular complexity index is 136. The van der Waals surface area contributed by atoms with Gasteiger partial charge in [0.25, 0.3) is 0 Å². The van der Waals surface area contributed by atoms with Crippen LogP contribution in [0, 0.1) is 5.92 Å². The van der Waals surface area contributed by atoms with E-state index in [0.717, 1.165) is 12.2 Å². The molecule has 0 rings (SSSR count). The van der Waals surface area contributed by atoms with Gasteiger partial charge in [0.05, 0.1) is 6.04 Å². The van der Waals surface area contributed by atoms with Crippen LogP contribution in [0.5, 0.6) is 0 Å². The second kappa shape index (κ2) is 6.49. The Morgan fingerprint density at radius 2 is 2.08 bits per heavy atom. The molecule has 0 aromatic heterocycles. The monoisotopic (exact) mass is 189 g/mol. The minimum Gasteiger partial charge on any atom is -0.311 e. The molecule has 0 radical (unpaired) electrons. The minimum atomic E-state index is 0.0532. The number of carbonyl (C=O) groups excluding carboxylic acids is 1. The molecule has 1 N–H and O–H groups in total. The zero-order chi connectivity index (χ0) is 9.56. The summed E-state index contributed by atoms with van der Waals surface area (Å²) in [4.78, 5) is 11.5. The molecular formula is C9H19NOS. The molecule has 0 aliphatic heterocycles. The Balaban J connectivity index is 3.88. The quantitative estimate of drug-likeness (QED) is 0.687. The van der Waals surface area contributed by atoms with Crippen molar-refractivity contribution in [3.05, 3.63) is 0 Å². The van der Waals surface area contributed by atoms with Crippen molar-refractivity contribution in [2.75, 3.05) is 19.1 Å². The molecule has 0 heterocycles. The van der Waals surface area contributed by atoms with Gasteiger partial charge in [0.1, 0.15) is 0 Å². The maximum Gasteiger partial charge on any atom is 0.152 e. The Hall–Kier alpha value is -0.0200. The van der Waals surface area contributed by atoms with Gasteiger partial charge in [0, 0.05) is 5.92 Å². The first-order chi connectivity index (χ1) is 5.63. The van der Waals surface area contributed by atoms with E-state index in [1.54, 1.807) is 11.8 Å². The van der Waals surface area contributed by atoms with Crippen molar-refractivity contribution in [2.45, 2.75) is 26.3 Å².